The zero-order valence-electron chi connectivity index (χ0n) is 22.6. The van der Waals surface area contributed by atoms with Gasteiger partial charge in [0.05, 0.1) is 21.5 Å². The standard InChI is InChI=1S/C25H31BrN10O4.ClH/c1-14(26)21(37)31-15-9-19(35(3)11-15)23(39)33-17-10-20(36(4)13-17)24(40)32-16-8-18(34(2)12-16)22(38)29-6-5-7-30-25(27)28;/h8-13H,1,5-7H2,2-4H3,(H,29,38)(H,31,37)(H,32,40)(H,33,39)(H4,27,28,30);1H. The van der Waals surface area contributed by atoms with E-state index in [1.807, 2.05) is 0 Å². The Kier molecular flexibility index (Phi) is 11.3. The number of anilines is 3. The maximum absolute atomic E-state index is 13.0. The van der Waals surface area contributed by atoms with Gasteiger partial charge in [0.15, 0.2) is 5.96 Å². The molecule has 220 valence electrons. The van der Waals surface area contributed by atoms with Crippen LogP contribution >= 0.6 is 28.3 Å². The lowest BCUT2D eigenvalue weighted by atomic mass is 10.3. The predicted molar refractivity (Wildman–Crippen MR) is 163 cm³/mol. The van der Waals surface area contributed by atoms with Gasteiger partial charge >= 0.3 is 0 Å². The molecule has 0 aliphatic carbocycles. The lowest BCUT2D eigenvalue weighted by molar-refractivity contribution is -0.112. The van der Waals surface area contributed by atoms with Crippen LogP contribution in [0.4, 0.5) is 17.1 Å². The summed E-state index contributed by atoms with van der Waals surface area (Å²) < 4.78 is 4.88. The van der Waals surface area contributed by atoms with Gasteiger partial charge in [-0.25, -0.2) is 0 Å². The van der Waals surface area contributed by atoms with Gasteiger partial charge in [0.2, 0.25) is 0 Å². The third kappa shape index (κ3) is 8.74. The summed E-state index contributed by atoms with van der Waals surface area (Å²) in [6.45, 7) is 4.35. The summed E-state index contributed by atoms with van der Waals surface area (Å²) in [4.78, 5) is 50.2. The summed E-state index contributed by atoms with van der Waals surface area (Å²) in [5.41, 5.74) is 7.38. The molecular weight excluding hydrogens is 620 g/mol. The zero-order valence-corrected chi connectivity index (χ0v) is 25.0. The summed E-state index contributed by atoms with van der Waals surface area (Å²) >= 11 is 3.01. The number of halogens is 2. The maximum Gasteiger partial charge on any atom is 0.272 e. The van der Waals surface area contributed by atoms with Crippen molar-refractivity contribution in [2.45, 2.75) is 6.42 Å². The molecule has 3 heterocycles. The quantitative estimate of drug-likeness (QED) is 0.0718. The Morgan fingerprint density at radius 3 is 1.59 bits per heavy atom. The normalized spacial score (nSPS) is 10.2. The lowest BCUT2D eigenvalue weighted by Crippen LogP contribution is -2.33. The van der Waals surface area contributed by atoms with Crippen LogP contribution in [-0.2, 0) is 25.9 Å². The number of rotatable bonds is 11. The van der Waals surface area contributed by atoms with E-state index in [0.29, 0.717) is 42.3 Å². The number of nitrogens with zero attached hydrogens (tertiary/aromatic N) is 3. The number of nitrogens with two attached hydrogens (primary N) is 1. The largest absolute Gasteiger partial charge is 0.370 e. The molecule has 3 aromatic heterocycles. The molecule has 41 heavy (non-hydrogen) atoms. The highest BCUT2D eigenvalue weighted by molar-refractivity contribution is 9.12. The van der Waals surface area contributed by atoms with Gasteiger partial charge in [0, 0.05) is 52.8 Å². The van der Waals surface area contributed by atoms with Crippen molar-refractivity contribution in [3.8, 4) is 0 Å². The van der Waals surface area contributed by atoms with Crippen LogP contribution in [0.3, 0.4) is 0 Å². The smallest absolute Gasteiger partial charge is 0.272 e. The molecule has 0 bridgehead atoms. The van der Waals surface area contributed by atoms with Gasteiger partial charge in [-0.15, -0.1) is 12.4 Å². The molecule has 8 N–H and O–H groups in total. The van der Waals surface area contributed by atoms with Crippen molar-refractivity contribution in [2.24, 2.45) is 26.9 Å². The van der Waals surface area contributed by atoms with Crippen molar-refractivity contribution in [1.29, 1.82) is 5.41 Å². The van der Waals surface area contributed by atoms with Gasteiger partial charge in [0.25, 0.3) is 23.6 Å². The predicted octanol–water partition coefficient (Wildman–Crippen LogP) is 2.08. The lowest BCUT2D eigenvalue weighted by Gasteiger charge is -2.06. The van der Waals surface area contributed by atoms with Crippen molar-refractivity contribution >= 4 is 75.0 Å². The van der Waals surface area contributed by atoms with Gasteiger partial charge in [-0.1, -0.05) is 6.58 Å². The Bertz CT molecular complexity index is 1490. The Morgan fingerprint density at radius 2 is 1.17 bits per heavy atom. The van der Waals surface area contributed by atoms with Crippen LogP contribution < -0.4 is 32.3 Å². The first-order chi connectivity index (χ1) is 18.8. The molecule has 0 spiro atoms. The minimum absolute atomic E-state index is 0. The number of nitrogens with one attached hydrogen (secondary N) is 6. The van der Waals surface area contributed by atoms with E-state index in [0.717, 1.165) is 0 Å². The molecule has 3 rings (SSSR count). The fourth-order valence-electron chi connectivity index (χ4n) is 3.77. The Balaban J connectivity index is 0.00000588. The van der Waals surface area contributed by atoms with E-state index in [4.69, 9.17) is 11.1 Å². The summed E-state index contributed by atoms with van der Waals surface area (Å²) in [7, 11) is 5.02. The van der Waals surface area contributed by atoms with E-state index in [1.165, 1.54) is 12.1 Å². The van der Waals surface area contributed by atoms with Crippen LogP contribution in [0.25, 0.3) is 0 Å². The fourth-order valence-corrected chi connectivity index (χ4v) is 3.87. The summed E-state index contributed by atoms with van der Waals surface area (Å²) in [6, 6.07) is 4.61. The second-order valence-electron chi connectivity index (χ2n) is 8.89. The molecule has 0 saturated carbocycles. The van der Waals surface area contributed by atoms with Crippen LogP contribution in [0.15, 0.2) is 47.9 Å². The summed E-state index contributed by atoms with van der Waals surface area (Å²) in [5, 5.41) is 20.7. The maximum atomic E-state index is 13.0. The highest BCUT2D eigenvalue weighted by Crippen LogP contribution is 2.20. The van der Waals surface area contributed by atoms with E-state index in [-0.39, 0.29) is 40.1 Å². The first kappa shape index (κ1) is 32.7. The topological polar surface area (TPSA) is 193 Å². The van der Waals surface area contributed by atoms with Crippen LogP contribution in [-0.4, -0.2) is 56.4 Å². The van der Waals surface area contributed by atoms with Crippen LogP contribution in [0.2, 0.25) is 0 Å². The molecule has 0 aliphatic heterocycles. The number of aryl methyl sites for hydroxylation is 3. The third-order valence-corrected chi connectivity index (χ3v) is 6.05. The third-order valence-electron chi connectivity index (χ3n) is 5.69. The number of hydrogen-bond acceptors (Lipinski definition) is 5. The van der Waals surface area contributed by atoms with E-state index in [9.17, 15) is 19.2 Å². The number of guanidine groups is 1. The molecule has 0 radical (unpaired) electrons. The molecule has 16 heteroatoms. The van der Waals surface area contributed by atoms with Gasteiger partial charge in [-0.05, 0) is 40.5 Å². The van der Waals surface area contributed by atoms with E-state index < -0.39 is 17.7 Å². The molecule has 0 atom stereocenters. The average Bonchev–Trinajstić information content (AvgIpc) is 3.54. The second kappa shape index (κ2) is 14.2. The van der Waals surface area contributed by atoms with E-state index in [1.54, 1.807) is 59.5 Å². The highest BCUT2D eigenvalue weighted by Gasteiger charge is 2.19. The molecule has 3 aromatic rings. The van der Waals surface area contributed by atoms with Crippen molar-refractivity contribution in [2.75, 3.05) is 29.0 Å². The minimum atomic E-state index is -0.436. The van der Waals surface area contributed by atoms with Gasteiger partial charge in [-0.3, -0.25) is 24.6 Å². The Labute approximate surface area is 250 Å². The minimum Gasteiger partial charge on any atom is -0.370 e. The van der Waals surface area contributed by atoms with Crippen LogP contribution in [0.1, 0.15) is 37.9 Å². The number of amides is 4. The average molecular weight is 652 g/mol. The Hall–Kier alpha value is -4.50. The highest BCUT2D eigenvalue weighted by atomic mass is 79.9. The monoisotopic (exact) mass is 650 g/mol. The number of carbonyl (C=O) groups excluding carboxylic acids is 4. The SMILES string of the molecule is C=C(Br)C(=O)Nc1cc(C(=O)Nc2cc(C(=O)Nc3cc(C(=O)NCCCNC(=N)N)n(C)c3)n(C)c2)n(C)c1.Cl. The molecule has 14 nitrogen and oxygen atoms in total. The first-order valence-electron chi connectivity index (χ1n) is 12.0. The molecule has 0 aliphatic rings. The fraction of sp³-hybridized carbons (Fsp3) is 0.240. The van der Waals surface area contributed by atoms with Crippen molar-refractivity contribution in [3.05, 3.63) is 64.9 Å². The van der Waals surface area contributed by atoms with Crippen LogP contribution in [0, 0.1) is 5.41 Å². The van der Waals surface area contributed by atoms with E-state index in [2.05, 4.69) is 49.1 Å². The van der Waals surface area contributed by atoms with Crippen molar-refractivity contribution in [3.63, 3.8) is 0 Å². The first-order valence-corrected chi connectivity index (χ1v) is 12.8. The van der Waals surface area contributed by atoms with Gasteiger partial charge in [0.1, 0.15) is 17.1 Å². The zero-order chi connectivity index (χ0) is 29.6. The molecule has 0 unspecified atom stereocenters. The van der Waals surface area contributed by atoms with Gasteiger partial charge < -0.3 is 46.0 Å². The van der Waals surface area contributed by atoms with Gasteiger partial charge in [-0.2, -0.15) is 0 Å². The van der Waals surface area contributed by atoms with Crippen molar-refractivity contribution < 1.29 is 19.2 Å². The number of carbonyl (C=O) groups is 4. The summed E-state index contributed by atoms with van der Waals surface area (Å²) in [6.07, 6.45) is 5.39. The molecular formula is C25H32BrClN10O4. The number of aromatic nitrogens is 3. The van der Waals surface area contributed by atoms with Crippen LogP contribution in [0.5, 0.6) is 0 Å². The molecule has 4 amide bonds. The second-order valence-corrected chi connectivity index (χ2v) is 9.85. The number of hydrogen-bond donors (Lipinski definition) is 7. The molecule has 0 saturated heterocycles. The van der Waals surface area contributed by atoms with Crippen molar-refractivity contribution in [1.82, 2.24) is 24.3 Å². The summed E-state index contributed by atoms with van der Waals surface area (Å²) in [5.74, 6) is -1.74. The van der Waals surface area contributed by atoms with E-state index >= 15 is 0 Å². The Morgan fingerprint density at radius 1 is 0.780 bits per heavy atom. The molecule has 0 fully saturated rings. The molecule has 0 aromatic carbocycles.